The van der Waals surface area contributed by atoms with Gasteiger partial charge in [-0.15, -0.1) is 0 Å². The predicted octanol–water partition coefficient (Wildman–Crippen LogP) is 2.86. The lowest BCUT2D eigenvalue weighted by Crippen LogP contribution is -2.30. The van der Waals surface area contributed by atoms with E-state index in [9.17, 15) is 10.1 Å². The number of aromatic nitrogens is 2. The number of nitrogen functional groups attached to an aromatic ring is 1. The number of halogens is 1. The average molecular weight is 312 g/mol. The van der Waals surface area contributed by atoms with E-state index in [1.54, 1.807) is 0 Å². The van der Waals surface area contributed by atoms with Crippen molar-refractivity contribution in [3.8, 4) is 0 Å². The van der Waals surface area contributed by atoms with Crippen molar-refractivity contribution in [3.05, 3.63) is 15.4 Å². The van der Waals surface area contributed by atoms with Crippen molar-refractivity contribution in [1.82, 2.24) is 9.97 Å². The Labute approximate surface area is 127 Å². The van der Waals surface area contributed by atoms with Crippen LogP contribution in [-0.4, -0.2) is 20.9 Å². The topological polar surface area (TPSA) is 107 Å². The minimum atomic E-state index is -0.568. The molecule has 1 aromatic heterocycles. The molecule has 21 heavy (non-hydrogen) atoms. The Morgan fingerprint density at radius 1 is 1.43 bits per heavy atom. The van der Waals surface area contributed by atoms with Crippen molar-refractivity contribution >= 4 is 28.9 Å². The van der Waals surface area contributed by atoms with Crippen LogP contribution in [0.3, 0.4) is 0 Å². The lowest BCUT2D eigenvalue weighted by atomic mass is 9.84. The summed E-state index contributed by atoms with van der Waals surface area (Å²) in [5.41, 5.74) is 5.30. The first-order valence-corrected chi connectivity index (χ1v) is 7.57. The van der Waals surface area contributed by atoms with Crippen LogP contribution in [0.2, 0.25) is 5.28 Å². The molecule has 0 saturated heterocycles. The van der Waals surface area contributed by atoms with Crippen molar-refractivity contribution in [2.24, 2.45) is 17.8 Å². The molecule has 4 atom stereocenters. The molecule has 0 radical (unpaired) electrons. The molecule has 2 bridgehead atoms. The number of hydrogen-bond donors (Lipinski definition) is 2. The second-order valence-corrected chi connectivity index (χ2v) is 6.44. The van der Waals surface area contributed by atoms with Gasteiger partial charge in [-0.2, -0.15) is 9.97 Å². The summed E-state index contributed by atoms with van der Waals surface area (Å²) in [7, 11) is 0. The third-order valence-corrected chi connectivity index (χ3v) is 5.03. The van der Waals surface area contributed by atoms with Gasteiger partial charge >= 0.3 is 5.69 Å². The monoisotopic (exact) mass is 311 g/mol. The van der Waals surface area contributed by atoms with Gasteiger partial charge in [0.1, 0.15) is 0 Å². The summed E-state index contributed by atoms with van der Waals surface area (Å²) in [5, 5.41) is 14.2. The Bertz CT molecular complexity index is 582. The third kappa shape index (κ3) is 2.62. The van der Waals surface area contributed by atoms with Crippen molar-refractivity contribution in [1.29, 1.82) is 0 Å². The fourth-order valence-corrected chi connectivity index (χ4v) is 4.13. The number of nitro groups is 1. The average Bonchev–Trinajstić information content (AvgIpc) is 2.99. The zero-order valence-corrected chi connectivity index (χ0v) is 12.5. The van der Waals surface area contributed by atoms with E-state index >= 15 is 0 Å². The number of nitrogens with two attached hydrogens (primary N) is 1. The molecule has 4 unspecified atom stereocenters. The van der Waals surface area contributed by atoms with Crippen LogP contribution in [0.4, 0.5) is 17.3 Å². The summed E-state index contributed by atoms with van der Waals surface area (Å²) < 4.78 is 0. The maximum absolute atomic E-state index is 11.1. The molecule has 2 aliphatic rings. The highest BCUT2D eigenvalue weighted by molar-refractivity contribution is 6.28. The van der Waals surface area contributed by atoms with E-state index in [1.165, 1.54) is 25.7 Å². The lowest BCUT2D eigenvalue weighted by Gasteiger charge is -2.28. The van der Waals surface area contributed by atoms with Gasteiger partial charge in [-0.3, -0.25) is 10.1 Å². The van der Waals surface area contributed by atoms with Crippen molar-refractivity contribution < 1.29 is 4.92 Å². The maximum atomic E-state index is 11.1. The normalized spacial score (nSPS) is 28.6. The number of nitrogens with one attached hydrogen (secondary N) is 1. The van der Waals surface area contributed by atoms with Crippen molar-refractivity contribution in [2.75, 3.05) is 11.1 Å². The summed E-state index contributed by atoms with van der Waals surface area (Å²) in [6, 6.07) is 0.101. The number of rotatable bonds is 4. The molecule has 1 heterocycles. The maximum Gasteiger partial charge on any atom is 0.353 e. The molecule has 0 spiro atoms. The zero-order valence-electron chi connectivity index (χ0n) is 11.8. The van der Waals surface area contributed by atoms with Gasteiger partial charge in [0.2, 0.25) is 16.9 Å². The second-order valence-electron chi connectivity index (χ2n) is 6.10. The molecular formula is C13H18ClN5O2. The number of hydrogen-bond acceptors (Lipinski definition) is 6. The Hall–Kier alpha value is -1.63. The zero-order chi connectivity index (χ0) is 15.1. The number of nitrogens with zero attached hydrogens (tertiary/aromatic N) is 3. The van der Waals surface area contributed by atoms with Crippen LogP contribution in [-0.2, 0) is 0 Å². The van der Waals surface area contributed by atoms with Crippen LogP contribution in [0.1, 0.15) is 32.6 Å². The highest BCUT2D eigenvalue weighted by Gasteiger charge is 2.42. The predicted molar refractivity (Wildman–Crippen MR) is 80.1 cm³/mol. The standard InChI is InChI=1S/C13H18ClN5O2/c1-6(9-5-7-2-3-8(9)4-7)16-12-10(19(20)21)11(15)17-13(14)18-12/h6-9H,2-5H2,1H3,(H3,15,16,17,18). The van der Waals surface area contributed by atoms with Crippen LogP contribution in [0.25, 0.3) is 0 Å². The highest BCUT2D eigenvalue weighted by Crippen LogP contribution is 2.50. The van der Waals surface area contributed by atoms with E-state index in [0.29, 0.717) is 11.8 Å². The van der Waals surface area contributed by atoms with Crippen molar-refractivity contribution in [3.63, 3.8) is 0 Å². The summed E-state index contributed by atoms with van der Waals surface area (Å²) in [4.78, 5) is 18.2. The molecule has 1 aromatic rings. The van der Waals surface area contributed by atoms with Gasteiger partial charge in [-0.05, 0) is 55.5 Å². The van der Waals surface area contributed by atoms with E-state index < -0.39 is 4.92 Å². The fraction of sp³-hybridized carbons (Fsp3) is 0.692. The Kier molecular flexibility index (Phi) is 3.61. The van der Waals surface area contributed by atoms with E-state index in [1.807, 2.05) is 6.92 Å². The van der Waals surface area contributed by atoms with Gasteiger partial charge in [0.15, 0.2) is 0 Å². The second kappa shape index (κ2) is 5.29. The van der Waals surface area contributed by atoms with Crippen LogP contribution in [0.15, 0.2) is 0 Å². The van der Waals surface area contributed by atoms with Crippen LogP contribution >= 0.6 is 11.6 Å². The number of anilines is 2. The summed E-state index contributed by atoms with van der Waals surface area (Å²) in [6.45, 7) is 2.04. The van der Waals surface area contributed by atoms with Gasteiger partial charge in [0.05, 0.1) is 4.92 Å². The van der Waals surface area contributed by atoms with Gasteiger partial charge in [-0.1, -0.05) is 6.42 Å². The van der Waals surface area contributed by atoms with Crippen LogP contribution in [0, 0.1) is 27.9 Å². The molecule has 2 fully saturated rings. The lowest BCUT2D eigenvalue weighted by molar-refractivity contribution is -0.383. The molecule has 8 heteroatoms. The Morgan fingerprint density at radius 2 is 2.19 bits per heavy atom. The van der Waals surface area contributed by atoms with Crippen LogP contribution in [0.5, 0.6) is 0 Å². The van der Waals surface area contributed by atoms with Gasteiger partial charge in [0, 0.05) is 6.04 Å². The van der Waals surface area contributed by atoms with Crippen molar-refractivity contribution in [2.45, 2.75) is 38.6 Å². The summed E-state index contributed by atoms with van der Waals surface area (Å²) in [5.74, 6) is 1.97. The molecule has 0 amide bonds. The quantitative estimate of drug-likeness (QED) is 0.503. The Balaban J connectivity index is 1.82. The molecule has 0 aliphatic heterocycles. The minimum absolute atomic E-state index is 0.0826. The third-order valence-electron chi connectivity index (χ3n) is 4.87. The summed E-state index contributed by atoms with van der Waals surface area (Å²) >= 11 is 5.77. The van der Waals surface area contributed by atoms with E-state index in [2.05, 4.69) is 15.3 Å². The highest BCUT2D eigenvalue weighted by atomic mass is 35.5. The molecule has 2 aliphatic carbocycles. The van der Waals surface area contributed by atoms with E-state index in [-0.39, 0.29) is 28.6 Å². The van der Waals surface area contributed by atoms with Gasteiger partial charge < -0.3 is 11.1 Å². The SMILES string of the molecule is CC(Nc1nc(Cl)nc(N)c1[N+](=O)[O-])C1CC2CCC1C2. The molecule has 114 valence electrons. The molecular weight excluding hydrogens is 294 g/mol. The minimum Gasteiger partial charge on any atom is -0.378 e. The first kappa shape index (κ1) is 14.3. The number of fused-ring (bicyclic) bond motifs is 2. The smallest absolute Gasteiger partial charge is 0.353 e. The molecule has 2 saturated carbocycles. The van der Waals surface area contributed by atoms with Gasteiger partial charge in [0.25, 0.3) is 0 Å². The van der Waals surface area contributed by atoms with Crippen LogP contribution < -0.4 is 11.1 Å². The summed E-state index contributed by atoms with van der Waals surface area (Å²) in [6.07, 6.45) is 5.04. The molecule has 0 aromatic carbocycles. The molecule has 7 nitrogen and oxygen atoms in total. The fourth-order valence-electron chi connectivity index (χ4n) is 3.95. The first-order valence-electron chi connectivity index (χ1n) is 7.19. The van der Waals surface area contributed by atoms with E-state index in [0.717, 1.165) is 5.92 Å². The largest absolute Gasteiger partial charge is 0.378 e. The van der Waals surface area contributed by atoms with E-state index in [4.69, 9.17) is 17.3 Å². The Morgan fingerprint density at radius 3 is 2.76 bits per heavy atom. The molecule has 3 rings (SSSR count). The molecule has 3 N–H and O–H groups in total. The first-order chi connectivity index (χ1) is 9.95. The van der Waals surface area contributed by atoms with Gasteiger partial charge in [-0.25, -0.2) is 0 Å².